The Morgan fingerprint density at radius 1 is 1.67 bits per heavy atom. The molecule has 1 fully saturated rings. The van der Waals surface area contributed by atoms with Gasteiger partial charge < -0.3 is 5.73 Å². The average molecular weight is 226 g/mol. The van der Waals surface area contributed by atoms with E-state index in [4.69, 9.17) is 5.73 Å². The van der Waals surface area contributed by atoms with Crippen molar-refractivity contribution in [3.63, 3.8) is 0 Å². The highest BCUT2D eigenvalue weighted by molar-refractivity contribution is 8.03. The topological polar surface area (TPSA) is 46.3 Å². The van der Waals surface area contributed by atoms with E-state index < -0.39 is 0 Å². The van der Waals surface area contributed by atoms with E-state index in [-0.39, 0.29) is 11.4 Å². The Balaban J connectivity index is 1.92. The van der Waals surface area contributed by atoms with E-state index in [0.717, 1.165) is 12.8 Å². The van der Waals surface area contributed by atoms with Crippen molar-refractivity contribution in [1.29, 1.82) is 0 Å². The van der Waals surface area contributed by atoms with Crippen LogP contribution in [0.25, 0.3) is 0 Å². The van der Waals surface area contributed by atoms with Crippen molar-refractivity contribution >= 4 is 17.7 Å². The summed E-state index contributed by atoms with van der Waals surface area (Å²) in [7, 11) is 0. The molecule has 1 atom stereocenters. The van der Waals surface area contributed by atoms with Crippen LogP contribution in [0.5, 0.6) is 0 Å². The summed E-state index contributed by atoms with van der Waals surface area (Å²) in [4.78, 5) is 14.8. The van der Waals surface area contributed by atoms with Crippen molar-refractivity contribution in [3.05, 3.63) is 11.1 Å². The van der Waals surface area contributed by atoms with Gasteiger partial charge in [-0.25, -0.2) is 0 Å². The highest BCUT2D eigenvalue weighted by atomic mass is 32.2. The Labute approximate surface area is 95.1 Å². The Morgan fingerprint density at radius 2 is 2.40 bits per heavy atom. The number of thioether (sulfide) groups is 1. The molecule has 2 aliphatic rings. The molecule has 84 valence electrons. The molecule has 0 bridgehead atoms. The van der Waals surface area contributed by atoms with Crippen LogP contribution >= 0.6 is 11.8 Å². The van der Waals surface area contributed by atoms with Gasteiger partial charge in [-0.1, -0.05) is 25.1 Å². The van der Waals surface area contributed by atoms with Gasteiger partial charge >= 0.3 is 0 Å². The molecule has 1 amide bonds. The van der Waals surface area contributed by atoms with Crippen molar-refractivity contribution in [1.82, 2.24) is 4.90 Å². The predicted octanol–water partition coefficient (Wildman–Crippen LogP) is 2.25. The van der Waals surface area contributed by atoms with Crippen LogP contribution in [0.2, 0.25) is 0 Å². The summed E-state index contributed by atoms with van der Waals surface area (Å²) >= 11 is 1.65. The summed E-state index contributed by atoms with van der Waals surface area (Å²) in [6.07, 6.45) is 7.15. The second-order valence-electron chi connectivity index (χ2n) is 4.22. The third-order valence-electron chi connectivity index (χ3n) is 2.81. The van der Waals surface area contributed by atoms with Gasteiger partial charge in [-0.3, -0.25) is 9.69 Å². The summed E-state index contributed by atoms with van der Waals surface area (Å²) in [5, 5.41) is 0. The molecule has 2 rings (SSSR count). The molecule has 0 radical (unpaired) electrons. The van der Waals surface area contributed by atoms with Crippen LogP contribution in [0.1, 0.15) is 39.0 Å². The average Bonchev–Trinajstić information content (AvgIpc) is 2.99. The number of allylic oxidation sites excluding steroid dienone is 1. The monoisotopic (exact) mass is 226 g/mol. The number of carbonyl (C=O) groups excluding carboxylic acids is 1. The lowest BCUT2D eigenvalue weighted by Gasteiger charge is -2.18. The number of carbonyl (C=O) groups is 1. The van der Waals surface area contributed by atoms with Crippen LogP contribution in [-0.4, -0.2) is 16.3 Å². The molecule has 1 saturated carbocycles. The van der Waals surface area contributed by atoms with Crippen LogP contribution in [-0.2, 0) is 4.79 Å². The second kappa shape index (κ2) is 4.58. The Kier molecular flexibility index (Phi) is 3.36. The lowest BCUT2D eigenvalue weighted by atomic mass is 10.2. The zero-order valence-corrected chi connectivity index (χ0v) is 9.93. The van der Waals surface area contributed by atoms with Crippen LogP contribution < -0.4 is 5.73 Å². The van der Waals surface area contributed by atoms with Gasteiger partial charge in [0, 0.05) is 17.5 Å². The van der Waals surface area contributed by atoms with Gasteiger partial charge in [0.05, 0.1) is 0 Å². The lowest BCUT2D eigenvalue weighted by molar-refractivity contribution is -0.129. The van der Waals surface area contributed by atoms with Gasteiger partial charge in [0.25, 0.3) is 0 Å². The number of nitrogens with two attached hydrogens (primary N) is 1. The Bertz CT molecular complexity index is 286. The normalized spacial score (nSPS) is 25.6. The summed E-state index contributed by atoms with van der Waals surface area (Å²) < 4.78 is 0. The number of rotatable bonds is 4. The standard InChI is InChI=1S/C11H18N2OS/c1-2-3-4-10(14)13-7-9(8-5-6-8)15-11(13)12/h7-8,11H,2-6,12H2,1H3. The molecule has 0 saturated heterocycles. The molecule has 0 aromatic rings. The van der Waals surface area contributed by atoms with Crippen LogP contribution in [0.3, 0.4) is 0 Å². The molecule has 0 aromatic heterocycles. The van der Waals surface area contributed by atoms with Gasteiger partial charge in [0.2, 0.25) is 5.91 Å². The summed E-state index contributed by atoms with van der Waals surface area (Å²) in [5.74, 6) is 0.873. The fourth-order valence-electron chi connectivity index (χ4n) is 1.68. The van der Waals surface area contributed by atoms with Gasteiger partial charge in [-0.2, -0.15) is 0 Å². The quantitative estimate of drug-likeness (QED) is 0.799. The molecule has 1 aliphatic carbocycles. The first-order valence-electron chi connectivity index (χ1n) is 5.67. The van der Waals surface area contributed by atoms with Crippen molar-refractivity contribution in [2.24, 2.45) is 11.7 Å². The van der Waals surface area contributed by atoms with Crippen LogP contribution in [0.15, 0.2) is 11.1 Å². The first kappa shape index (κ1) is 11.0. The van der Waals surface area contributed by atoms with E-state index >= 15 is 0 Å². The minimum atomic E-state index is -0.176. The molecule has 3 nitrogen and oxygen atoms in total. The first-order chi connectivity index (χ1) is 7.22. The second-order valence-corrected chi connectivity index (χ2v) is 5.41. The van der Waals surface area contributed by atoms with Gasteiger partial charge in [0.15, 0.2) is 0 Å². The van der Waals surface area contributed by atoms with E-state index in [1.807, 2.05) is 6.20 Å². The minimum absolute atomic E-state index is 0.174. The summed E-state index contributed by atoms with van der Waals surface area (Å²) in [5.41, 5.74) is 5.75. The summed E-state index contributed by atoms with van der Waals surface area (Å²) in [6, 6.07) is 0. The molecule has 1 heterocycles. The zero-order valence-electron chi connectivity index (χ0n) is 9.11. The van der Waals surface area contributed by atoms with Crippen molar-refractivity contribution in [3.8, 4) is 0 Å². The van der Waals surface area contributed by atoms with E-state index in [0.29, 0.717) is 12.3 Å². The SMILES string of the molecule is CCCCC(=O)N1C=C(C2CC2)SC1N. The number of hydrogen-bond acceptors (Lipinski definition) is 3. The third-order valence-corrected chi connectivity index (χ3v) is 3.99. The number of amides is 1. The van der Waals surface area contributed by atoms with Crippen molar-refractivity contribution in [2.75, 3.05) is 0 Å². The van der Waals surface area contributed by atoms with Crippen molar-refractivity contribution < 1.29 is 4.79 Å². The molecule has 1 unspecified atom stereocenters. The van der Waals surface area contributed by atoms with Crippen molar-refractivity contribution in [2.45, 2.75) is 44.5 Å². The molecule has 4 heteroatoms. The zero-order chi connectivity index (χ0) is 10.8. The van der Waals surface area contributed by atoms with E-state index in [9.17, 15) is 4.79 Å². The van der Waals surface area contributed by atoms with E-state index in [2.05, 4.69) is 6.92 Å². The molecule has 1 aliphatic heterocycles. The van der Waals surface area contributed by atoms with E-state index in [1.165, 1.54) is 17.7 Å². The largest absolute Gasteiger partial charge is 0.302 e. The highest BCUT2D eigenvalue weighted by Gasteiger charge is 2.35. The smallest absolute Gasteiger partial charge is 0.228 e. The van der Waals surface area contributed by atoms with E-state index in [1.54, 1.807) is 16.7 Å². The Morgan fingerprint density at radius 3 is 3.00 bits per heavy atom. The maximum atomic E-state index is 11.8. The minimum Gasteiger partial charge on any atom is -0.302 e. The molecule has 0 aromatic carbocycles. The molecule has 15 heavy (non-hydrogen) atoms. The van der Waals surface area contributed by atoms with Crippen LogP contribution in [0.4, 0.5) is 0 Å². The fraction of sp³-hybridized carbons (Fsp3) is 0.727. The van der Waals surface area contributed by atoms with Gasteiger partial charge in [-0.05, 0) is 25.2 Å². The third kappa shape index (κ3) is 2.55. The fourth-order valence-corrected chi connectivity index (χ4v) is 2.85. The Hall–Kier alpha value is -0.480. The lowest BCUT2D eigenvalue weighted by Crippen LogP contribution is -2.37. The van der Waals surface area contributed by atoms with Gasteiger partial charge in [-0.15, -0.1) is 0 Å². The number of hydrogen-bond donors (Lipinski definition) is 1. The molecule has 2 N–H and O–H groups in total. The number of unbranched alkanes of at least 4 members (excludes halogenated alkanes) is 1. The molecular formula is C11H18N2OS. The molecule has 0 spiro atoms. The summed E-state index contributed by atoms with van der Waals surface area (Å²) in [6.45, 7) is 2.09. The highest BCUT2D eigenvalue weighted by Crippen LogP contribution is 2.46. The van der Waals surface area contributed by atoms with Crippen LogP contribution in [0, 0.1) is 5.92 Å². The maximum absolute atomic E-state index is 11.8. The number of nitrogens with zero attached hydrogens (tertiary/aromatic N) is 1. The van der Waals surface area contributed by atoms with Gasteiger partial charge in [0.1, 0.15) is 5.50 Å². The molecular weight excluding hydrogens is 208 g/mol. The maximum Gasteiger partial charge on any atom is 0.228 e. The first-order valence-corrected chi connectivity index (χ1v) is 6.55. The predicted molar refractivity (Wildman–Crippen MR) is 62.7 cm³/mol.